The van der Waals surface area contributed by atoms with Crippen LogP contribution in [0.5, 0.6) is 0 Å². The lowest BCUT2D eigenvalue weighted by Gasteiger charge is -2.10. The molecule has 0 aliphatic rings. The summed E-state index contributed by atoms with van der Waals surface area (Å²) in [7, 11) is 0. The van der Waals surface area contributed by atoms with Crippen molar-refractivity contribution in [2.24, 2.45) is 0 Å². The van der Waals surface area contributed by atoms with Crippen molar-refractivity contribution in [1.82, 2.24) is 0 Å². The van der Waals surface area contributed by atoms with Crippen molar-refractivity contribution in [1.29, 1.82) is 0 Å². The summed E-state index contributed by atoms with van der Waals surface area (Å²) in [6, 6.07) is 18.9. The summed E-state index contributed by atoms with van der Waals surface area (Å²) in [6.07, 6.45) is 10.5. The highest BCUT2D eigenvalue weighted by molar-refractivity contribution is 5.50. The molecule has 0 amide bonds. The smallest absolute Gasteiger partial charge is 0.0190 e. The standard InChI is InChI=1S/C19H18/c1-3-7-18(19-13-10-16(2)11-14-19)15-12-17-8-5-4-6-9-17/h1,4-6,8-15,18H,7H2,2H3. The predicted octanol–water partition coefficient (Wildman–Crippen LogP) is 4.82. The molecule has 0 aliphatic carbocycles. The Morgan fingerprint density at radius 2 is 1.74 bits per heavy atom. The number of terminal acetylenes is 1. The average Bonchev–Trinajstić information content (AvgIpc) is 2.46. The third-order valence-corrected chi connectivity index (χ3v) is 3.16. The monoisotopic (exact) mass is 246 g/mol. The molecule has 0 spiro atoms. The van der Waals surface area contributed by atoms with E-state index in [4.69, 9.17) is 6.42 Å². The van der Waals surface area contributed by atoms with Crippen LogP contribution in [0.4, 0.5) is 0 Å². The normalized spacial score (nSPS) is 12.2. The maximum Gasteiger partial charge on any atom is 0.0190 e. The summed E-state index contributed by atoms with van der Waals surface area (Å²) in [6.45, 7) is 2.10. The molecule has 0 nitrogen and oxygen atoms in total. The van der Waals surface area contributed by atoms with Gasteiger partial charge in [-0.15, -0.1) is 12.3 Å². The SMILES string of the molecule is C#CCC(C=Cc1ccccc1)c1ccc(C)cc1. The predicted molar refractivity (Wildman–Crippen MR) is 82.8 cm³/mol. The summed E-state index contributed by atoms with van der Waals surface area (Å²) in [5.41, 5.74) is 3.75. The van der Waals surface area contributed by atoms with E-state index >= 15 is 0 Å². The van der Waals surface area contributed by atoms with Gasteiger partial charge in [0.2, 0.25) is 0 Å². The van der Waals surface area contributed by atoms with Crippen molar-refractivity contribution in [3.8, 4) is 12.3 Å². The van der Waals surface area contributed by atoms with Crippen LogP contribution in [0, 0.1) is 19.3 Å². The quantitative estimate of drug-likeness (QED) is 0.679. The molecule has 0 saturated heterocycles. The minimum absolute atomic E-state index is 0.283. The van der Waals surface area contributed by atoms with Gasteiger partial charge in [0.15, 0.2) is 0 Å². The lowest BCUT2D eigenvalue weighted by Crippen LogP contribution is -1.94. The Morgan fingerprint density at radius 3 is 2.37 bits per heavy atom. The van der Waals surface area contributed by atoms with Crippen LogP contribution in [0.3, 0.4) is 0 Å². The summed E-state index contributed by atoms with van der Waals surface area (Å²) in [4.78, 5) is 0. The minimum Gasteiger partial charge on any atom is -0.120 e. The van der Waals surface area contributed by atoms with Gasteiger partial charge in [-0.1, -0.05) is 72.3 Å². The Balaban J connectivity index is 2.19. The van der Waals surface area contributed by atoms with Crippen molar-refractivity contribution >= 4 is 6.08 Å². The fourth-order valence-electron chi connectivity index (χ4n) is 2.03. The Labute approximate surface area is 115 Å². The molecule has 2 rings (SSSR count). The van der Waals surface area contributed by atoms with Crippen molar-refractivity contribution in [2.45, 2.75) is 19.3 Å². The second-order valence-electron chi connectivity index (χ2n) is 4.70. The molecule has 0 heteroatoms. The Hall–Kier alpha value is -2.26. The molecule has 1 unspecified atom stereocenters. The van der Waals surface area contributed by atoms with Crippen LogP contribution in [0.1, 0.15) is 29.0 Å². The number of hydrogen-bond acceptors (Lipinski definition) is 0. The van der Waals surface area contributed by atoms with E-state index in [-0.39, 0.29) is 5.92 Å². The Bertz CT molecular complexity index is 568. The summed E-state index contributed by atoms with van der Waals surface area (Å²) >= 11 is 0. The van der Waals surface area contributed by atoms with Crippen LogP contribution in [0.15, 0.2) is 60.7 Å². The Kier molecular flexibility index (Phi) is 4.59. The van der Waals surface area contributed by atoms with Gasteiger partial charge in [-0.25, -0.2) is 0 Å². The molecule has 0 bridgehead atoms. The van der Waals surface area contributed by atoms with Gasteiger partial charge in [0.25, 0.3) is 0 Å². The third kappa shape index (κ3) is 3.86. The molecule has 19 heavy (non-hydrogen) atoms. The molecule has 1 atom stereocenters. The van der Waals surface area contributed by atoms with Gasteiger partial charge >= 0.3 is 0 Å². The van der Waals surface area contributed by atoms with Crippen molar-refractivity contribution in [3.63, 3.8) is 0 Å². The number of hydrogen-bond donors (Lipinski definition) is 0. The first-order valence-electron chi connectivity index (χ1n) is 6.53. The highest BCUT2D eigenvalue weighted by atomic mass is 14.1. The maximum atomic E-state index is 5.48. The first kappa shape index (κ1) is 13.2. The van der Waals surface area contributed by atoms with E-state index in [0.29, 0.717) is 0 Å². The molecule has 2 aromatic carbocycles. The molecule has 0 saturated carbocycles. The molecule has 0 N–H and O–H groups in total. The Morgan fingerprint density at radius 1 is 1.05 bits per heavy atom. The van der Waals surface area contributed by atoms with Gasteiger partial charge in [0.1, 0.15) is 0 Å². The van der Waals surface area contributed by atoms with Crippen LogP contribution >= 0.6 is 0 Å². The van der Waals surface area contributed by atoms with Crippen molar-refractivity contribution in [3.05, 3.63) is 77.4 Å². The van der Waals surface area contributed by atoms with Crippen LogP contribution < -0.4 is 0 Å². The van der Waals surface area contributed by atoms with Gasteiger partial charge in [-0.05, 0) is 18.1 Å². The van der Waals surface area contributed by atoms with Crippen LogP contribution in [0.2, 0.25) is 0 Å². The van der Waals surface area contributed by atoms with Crippen molar-refractivity contribution in [2.75, 3.05) is 0 Å². The lowest BCUT2D eigenvalue weighted by molar-refractivity contribution is 0.886. The zero-order chi connectivity index (χ0) is 13.5. The first-order chi connectivity index (χ1) is 9.29. The van der Waals surface area contributed by atoms with Crippen molar-refractivity contribution < 1.29 is 0 Å². The van der Waals surface area contributed by atoms with E-state index in [0.717, 1.165) is 6.42 Å². The molecule has 0 fully saturated rings. The van der Waals surface area contributed by atoms with E-state index in [1.54, 1.807) is 0 Å². The van der Waals surface area contributed by atoms with E-state index in [9.17, 15) is 0 Å². The minimum atomic E-state index is 0.283. The molecule has 2 aromatic rings. The van der Waals surface area contributed by atoms with Gasteiger partial charge in [-0.2, -0.15) is 0 Å². The molecule has 0 aromatic heterocycles. The number of rotatable bonds is 4. The van der Waals surface area contributed by atoms with E-state index in [1.807, 2.05) is 18.2 Å². The first-order valence-corrected chi connectivity index (χ1v) is 6.53. The summed E-state index contributed by atoms with van der Waals surface area (Å²) < 4.78 is 0. The molecular formula is C19H18. The second-order valence-corrected chi connectivity index (χ2v) is 4.70. The highest BCUT2D eigenvalue weighted by Crippen LogP contribution is 2.22. The van der Waals surface area contributed by atoms with Gasteiger partial charge in [-0.3, -0.25) is 0 Å². The molecule has 94 valence electrons. The molecule has 0 radical (unpaired) electrons. The topological polar surface area (TPSA) is 0 Å². The van der Waals surface area contributed by atoms with Gasteiger partial charge < -0.3 is 0 Å². The summed E-state index contributed by atoms with van der Waals surface area (Å²) in [5, 5.41) is 0. The van der Waals surface area contributed by atoms with Crippen LogP contribution in [-0.4, -0.2) is 0 Å². The molecular weight excluding hydrogens is 228 g/mol. The third-order valence-electron chi connectivity index (χ3n) is 3.16. The zero-order valence-electron chi connectivity index (χ0n) is 11.2. The number of allylic oxidation sites excluding steroid dienone is 1. The fraction of sp³-hybridized carbons (Fsp3) is 0.158. The second kappa shape index (κ2) is 6.61. The van der Waals surface area contributed by atoms with Crippen LogP contribution in [0.25, 0.3) is 6.08 Å². The van der Waals surface area contributed by atoms with Gasteiger partial charge in [0, 0.05) is 12.3 Å². The largest absolute Gasteiger partial charge is 0.120 e. The molecule has 0 aliphatic heterocycles. The number of benzene rings is 2. The molecule has 0 heterocycles. The van der Waals surface area contributed by atoms with Crippen LogP contribution in [-0.2, 0) is 0 Å². The fourth-order valence-corrected chi connectivity index (χ4v) is 2.03. The zero-order valence-corrected chi connectivity index (χ0v) is 11.2. The summed E-state index contributed by atoms with van der Waals surface area (Å²) in [5.74, 6) is 3.05. The maximum absolute atomic E-state index is 5.48. The number of aryl methyl sites for hydroxylation is 1. The van der Waals surface area contributed by atoms with E-state index < -0.39 is 0 Å². The van der Waals surface area contributed by atoms with E-state index in [2.05, 4.69) is 61.4 Å². The highest BCUT2D eigenvalue weighted by Gasteiger charge is 2.05. The van der Waals surface area contributed by atoms with E-state index in [1.165, 1.54) is 16.7 Å². The lowest BCUT2D eigenvalue weighted by atomic mass is 9.94. The average molecular weight is 246 g/mol. The van der Waals surface area contributed by atoms with Gasteiger partial charge in [0.05, 0.1) is 0 Å².